The van der Waals surface area contributed by atoms with E-state index in [1.165, 1.54) is 13.0 Å². The summed E-state index contributed by atoms with van der Waals surface area (Å²) in [5.74, 6) is 0.113. The fraction of sp³-hybridized carbons (Fsp3) is 0.800. The molecule has 1 aliphatic heterocycles. The van der Waals surface area contributed by atoms with Crippen molar-refractivity contribution in [1.82, 2.24) is 0 Å². The lowest BCUT2D eigenvalue weighted by Crippen LogP contribution is -2.65. The normalized spacial score (nSPS) is 48.9. The first-order valence-electron chi connectivity index (χ1n) is 11.9. The number of carbonyl (C=O) groups excluding carboxylic acids is 3. The van der Waals surface area contributed by atoms with E-state index in [1.807, 2.05) is 6.92 Å². The maximum absolute atomic E-state index is 13.8. The first-order valence-corrected chi connectivity index (χ1v) is 11.9. The standard InChI is InChI=1S/C25H34O6/c1-14(26)31-17-6-8-23(2)16(11-17)4-5-19-20(23)12-21(27)24(3)18(7-9-25(19,24)29)15-10-22(28)30-13-15/h10,16-20,29H,4-9,11-13H2,1-3H3. The Hall–Kier alpha value is -1.69. The average Bonchev–Trinajstić information content (AvgIpc) is 3.24. The van der Waals surface area contributed by atoms with E-state index < -0.39 is 11.0 Å². The van der Waals surface area contributed by atoms with Gasteiger partial charge < -0.3 is 14.6 Å². The molecule has 6 heteroatoms. The topological polar surface area (TPSA) is 89.9 Å². The van der Waals surface area contributed by atoms with Crippen LogP contribution in [-0.2, 0) is 23.9 Å². The van der Waals surface area contributed by atoms with Crippen LogP contribution < -0.4 is 0 Å². The SMILES string of the molecule is CC(=O)OC1CCC2(C)C(CCC3C2CC(=O)C2(C)C(C4=CC(=O)OC4)CCC32O)C1. The third kappa shape index (κ3) is 2.82. The van der Waals surface area contributed by atoms with Crippen LogP contribution in [0.25, 0.3) is 0 Å². The number of hydrogen-bond donors (Lipinski definition) is 1. The molecule has 0 aromatic carbocycles. The van der Waals surface area contributed by atoms with E-state index >= 15 is 0 Å². The Kier molecular flexibility index (Phi) is 4.71. The summed E-state index contributed by atoms with van der Waals surface area (Å²) < 4.78 is 10.7. The molecule has 4 fully saturated rings. The largest absolute Gasteiger partial charge is 0.463 e. The molecule has 8 atom stereocenters. The van der Waals surface area contributed by atoms with Crippen LogP contribution in [0.2, 0.25) is 0 Å². The van der Waals surface area contributed by atoms with Gasteiger partial charge in [0.25, 0.3) is 0 Å². The summed E-state index contributed by atoms with van der Waals surface area (Å²) in [7, 11) is 0. The van der Waals surface area contributed by atoms with Crippen molar-refractivity contribution in [2.75, 3.05) is 6.61 Å². The highest BCUT2D eigenvalue weighted by Crippen LogP contribution is 2.68. The van der Waals surface area contributed by atoms with Gasteiger partial charge in [0.15, 0.2) is 0 Å². The van der Waals surface area contributed by atoms with Crippen molar-refractivity contribution in [1.29, 1.82) is 0 Å². The summed E-state index contributed by atoms with van der Waals surface area (Å²) in [6.45, 7) is 5.96. The second-order valence-corrected chi connectivity index (χ2v) is 11.2. The maximum Gasteiger partial charge on any atom is 0.331 e. The number of fused-ring (bicyclic) bond motifs is 5. The summed E-state index contributed by atoms with van der Waals surface area (Å²) in [6, 6.07) is 0. The van der Waals surface area contributed by atoms with Crippen molar-refractivity contribution in [2.45, 2.75) is 83.8 Å². The molecule has 0 saturated heterocycles. The van der Waals surface area contributed by atoms with Gasteiger partial charge in [-0.3, -0.25) is 9.59 Å². The molecule has 1 heterocycles. The van der Waals surface area contributed by atoms with Crippen molar-refractivity contribution in [3.63, 3.8) is 0 Å². The second-order valence-electron chi connectivity index (χ2n) is 11.2. The number of ether oxygens (including phenoxy) is 2. The molecular formula is C25H34O6. The Morgan fingerprint density at radius 3 is 2.58 bits per heavy atom. The predicted molar refractivity (Wildman–Crippen MR) is 112 cm³/mol. The van der Waals surface area contributed by atoms with Crippen molar-refractivity contribution >= 4 is 17.7 Å². The number of aliphatic hydroxyl groups is 1. The van der Waals surface area contributed by atoms with Crippen LogP contribution in [0, 0.1) is 34.5 Å². The van der Waals surface area contributed by atoms with Gasteiger partial charge in [-0.05, 0) is 86.5 Å². The van der Waals surface area contributed by atoms with Crippen molar-refractivity contribution in [3.05, 3.63) is 11.6 Å². The summed E-state index contributed by atoms with van der Waals surface area (Å²) in [6.07, 6.45) is 7.84. The minimum Gasteiger partial charge on any atom is -0.463 e. The maximum atomic E-state index is 13.8. The molecule has 0 aromatic rings. The van der Waals surface area contributed by atoms with E-state index in [9.17, 15) is 19.5 Å². The highest BCUT2D eigenvalue weighted by atomic mass is 16.5. The molecule has 5 rings (SSSR count). The zero-order valence-corrected chi connectivity index (χ0v) is 18.8. The average molecular weight is 431 g/mol. The summed E-state index contributed by atoms with van der Waals surface area (Å²) in [5, 5.41) is 12.2. The molecule has 31 heavy (non-hydrogen) atoms. The number of Topliss-reactive ketones (excluding diaryl/α,β-unsaturated/α-hetero) is 1. The van der Waals surface area contributed by atoms with Gasteiger partial charge in [0.2, 0.25) is 0 Å². The van der Waals surface area contributed by atoms with Gasteiger partial charge in [-0.2, -0.15) is 0 Å². The number of rotatable bonds is 2. The fourth-order valence-corrected chi connectivity index (χ4v) is 8.43. The molecule has 4 aliphatic carbocycles. The lowest BCUT2D eigenvalue weighted by Gasteiger charge is -2.62. The van der Waals surface area contributed by atoms with Gasteiger partial charge in [0.1, 0.15) is 18.5 Å². The Morgan fingerprint density at radius 2 is 1.90 bits per heavy atom. The zero-order chi connectivity index (χ0) is 22.2. The molecule has 5 aliphatic rings. The van der Waals surface area contributed by atoms with E-state index in [1.54, 1.807) is 0 Å². The van der Waals surface area contributed by atoms with Crippen molar-refractivity contribution in [2.24, 2.45) is 34.5 Å². The van der Waals surface area contributed by atoms with Crippen LogP contribution >= 0.6 is 0 Å². The minimum absolute atomic E-state index is 0.0178. The molecule has 1 N–H and O–H groups in total. The Labute approximate surface area is 183 Å². The van der Waals surface area contributed by atoms with E-state index in [0.717, 1.165) is 44.1 Å². The third-order valence-electron chi connectivity index (χ3n) is 10.1. The zero-order valence-electron chi connectivity index (χ0n) is 18.8. The van der Waals surface area contributed by atoms with Crippen LogP contribution in [0.3, 0.4) is 0 Å². The number of cyclic esters (lactones) is 1. The Morgan fingerprint density at radius 1 is 1.13 bits per heavy atom. The molecule has 0 bridgehead atoms. The summed E-state index contributed by atoms with van der Waals surface area (Å²) in [4.78, 5) is 36.9. The van der Waals surface area contributed by atoms with Gasteiger partial charge in [0, 0.05) is 19.4 Å². The van der Waals surface area contributed by atoms with Crippen LogP contribution in [-0.4, -0.2) is 41.1 Å². The van der Waals surface area contributed by atoms with Gasteiger partial charge in [-0.1, -0.05) is 6.92 Å². The molecule has 0 aromatic heterocycles. The molecule has 4 saturated carbocycles. The Balaban J connectivity index is 1.45. The van der Waals surface area contributed by atoms with Gasteiger partial charge in [0.05, 0.1) is 11.0 Å². The van der Waals surface area contributed by atoms with E-state index in [0.29, 0.717) is 18.8 Å². The predicted octanol–water partition coefficient (Wildman–Crippen LogP) is 3.35. The van der Waals surface area contributed by atoms with Crippen molar-refractivity contribution in [3.8, 4) is 0 Å². The van der Waals surface area contributed by atoms with Crippen LogP contribution in [0.15, 0.2) is 11.6 Å². The van der Waals surface area contributed by atoms with E-state index in [-0.39, 0.29) is 53.6 Å². The van der Waals surface area contributed by atoms with Crippen LogP contribution in [0.5, 0.6) is 0 Å². The highest BCUT2D eigenvalue weighted by molar-refractivity contribution is 5.90. The summed E-state index contributed by atoms with van der Waals surface area (Å²) in [5.41, 5.74) is -1.04. The minimum atomic E-state index is -1.04. The lowest BCUT2D eigenvalue weighted by molar-refractivity contribution is -0.206. The van der Waals surface area contributed by atoms with E-state index in [2.05, 4.69) is 6.92 Å². The monoisotopic (exact) mass is 430 g/mol. The summed E-state index contributed by atoms with van der Waals surface area (Å²) >= 11 is 0. The van der Waals surface area contributed by atoms with E-state index in [4.69, 9.17) is 9.47 Å². The van der Waals surface area contributed by atoms with Crippen LogP contribution in [0.4, 0.5) is 0 Å². The van der Waals surface area contributed by atoms with Crippen molar-refractivity contribution < 1.29 is 29.0 Å². The molecule has 170 valence electrons. The molecule has 0 amide bonds. The number of carbonyl (C=O) groups is 3. The molecule has 0 spiro atoms. The van der Waals surface area contributed by atoms with Crippen LogP contribution in [0.1, 0.15) is 72.1 Å². The molecule has 0 radical (unpaired) electrons. The Bertz CT molecular complexity index is 862. The number of ketones is 1. The molecular weight excluding hydrogens is 396 g/mol. The fourth-order valence-electron chi connectivity index (χ4n) is 8.43. The number of hydrogen-bond acceptors (Lipinski definition) is 6. The third-order valence-corrected chi connectivity index (χ3v) is 10.1. The quantitative estimate of drug-likeness (QED) is 0.676. The first-order chi connectivity index (χ1) is 14.6. The van der Waals surface area contributed by atoms with Gasteiger partial charge in [-0.25, -0.2) is 4.79 Å². The highest BCUT2D eigenvalue weighted by Gasteiger charge is 2.71. The lowest BCUT2D eigenvalue weighted by atomic mass is 9.43. The number of esters is 2. The first kappa shape index (κ1) is 21.2. The second kappa shape index (κ2) is 6.90. The molecule has 8 unspecified atom stereocenters. The van der Waals surface area contributed by atoms with Gasteiger partial charge in [-0.15, -0.1) is 0 Å². The smallest absolute Gasteiger partial charge is 0.331 e. The van der Waals surface area contributed by atoms with Gasteiger partial charge >= 0.3 is 11.9 Å². The molecule has 6 nitrogen and oxygen atoms in total.